The van der Waals surface area contributed by atoms with Gasteiger partial charge < -0.3 is 0 Å². The van der Waals surface area contributed by atoms with Gasteiger partial charge in [0.1, 0.15) is 5.82 Å². The first-order valence-electron chi connectivity index (χ1n) is 6.09. The molecule has 1 aliphatic heterocycles. The van der Waals surface area contributed by atoms with Gasteiger partial charge in [-0.3, -0.25) is 19.3 Å². The lowest BCUT2D eigenvalue weighted by Gasteiger charge is -2.27. The van der Waals surface area contributed by atoms with Crippen LogP contribution in [0.1, 0.15) is 30.1 Å². The summed E-state index contributed by atoms with van der Waals surface area (Å²) in [6.45, 7) is 1.56. The van der Waals surface area contributed by atoms with Crippen LogP contribution >= 0.6 is 0 Å². The van der Waals surface area contributed by atoms with Crippen molar-refractivity contribution in [1.82, 2.24) is 4.90 Å². The van der Waals surface area contributed by atoms with E-state index in [-0.39, 0.29) is 42.9 Å². The molecule has 1 fully saturated rings. The van der Waals surface area contributed by atoms with Crippen molar-refractivity contribution in [1.29, 1.82) is 0 Å². The number of likely N-dealkylation sites (tertiary alicyclic amines) is 1. The van der Waals surface area contributed by atoms with Gasteiger partial charge in [0.15, 0.2) is 5.78 Å². The van der Waals surface area contributed by atoms with E-state index in [1.54, 1.807) is 0 Å². The highest BCUT2D eigenvalue weighted by Gasteiger charge is 2.31. The van der Waals surface area contributed by atoms with Gasteiger partial charge in [-0.05, 0) is 30.2 Å². The van der Waals surface area contributed by atoms with E-state index in [0.29, 0.717) is 5.56 Å². The van der Waals surface area contributed by atoms with Gasteiger partial charge in [-0.25, -0.2) is 4.39 Å². The fourth-order valence-electron chi connectivity index (χ4n) is 2.07. The number of hydrogen-bond acceptors (Lipinski definition) is 3. The highest BCUT2D eigenvalue weighted by atomic mass is 19.1. The molecule has 0 aliphatic carbocycles. The number of piperidine rings is 1. The van der Waals surface area contributed by atoms with Crippen molar-refractivity contribution in [2.24, 2.45) is 5.92 Å². The molecule has 2 rings (SSSR count). The van der Waals surface area contributed by atoms with Crippen LogP contribution < -0.4 is 0 Å². The molecule has 1 aromatic rings. The van der Waals surface area contributed by atoms with E-state index < -0.39 is 5.82 Å². The molecule has 0 atom stereocenters. The Kier molecular flexibility index (Phi) is 3.74. The van der Waals surface area contributed by atoms with Crippen molar-refractivity contribution < 1.29 is 18.8 Å². The van der Waals surface area contributed by atoms with Crippen molar-refractivity contribution in [3.8, 4) is 0 Å². The van der Waals surface area contributed by atoms with Crippen LogP contribution in [-0.2, 0) is 9.59 Å². The van der Waals surface area contributed by atoms with Crippen LogP contribution in [-0.4, -0.2) is 29.0 Å². The third kappa shape index (κ3) is 3.05. The van der Waals surface area contributed by atoms with Gasteiger partial charge in [0.25, 0.3) is 0 Å². The van der Waals surface area contributed by atoms with E-state index >= 15 is 0 Å². The van der Waals surface area contributed by atoms with Crippen LogP contribution in [0.3, 0.4) is 0 Å². The summed E-state index contributed by atoms with van der Waals surface area (Å²) in [6, 6.07) is 5.04. The Labute approximate surface area is 110 Å². The summed E-state index contributed by atoms with van der Waals surface area (Å²) < 4.78 is 12.7. The average molecular weight is 263 g/mol. The van der Waals surface area contributed by atoms with Crippen LogP contribution in [0.5, 0.6) is 0 Å². The van der Waals surface area contributed by atoms with Gasteiger partial charge in [0.05, 0.1) is 6.54 Å². The number of carbonyl (C=O) groups is 3. The minimum Gasteiger partial charge on any atom is -0.292 e. The molecule has 5 heteroatoms. The third-order valence-electron chi connectivity index (χ3n) is 3.12. The number of nitrogens with zero attached hydrogens (tertiary/aromatic N) is 1. The van der Waals surface area contributed by atoms with E-state index in [9.17, 15) is 18.8 Å². The summed E-state index contributed by atoms with van der Waals surface area (Å²) in [5.74, 6) is -1.41. The Morgan fingerprint density at radius 3 is 2.26 bits per heavy atom. The van der Waals surface area contributed by atoms with Gasteiger partial charge in [-0.1, -0.05) is 6.92 Å². The quantitative estimate of drug-likeness (QED) is 0.617. The molecule has 0 saturated carbocycles. The second-order valence-electron chi connectivity index (χ2n) is 4.82. The van der Waals surface area contributed by atoms with Gasteiger partial charge in [0, 0.05) is 18.4 Å². The lowest BCUT2D eigenvalue weighted by atomic mass is 9.97. The molecular weight excluding hydrogens is 249 g/mol. The number of halogens is 1. The molecule has 1 aliphatic rings. The monoisotopic (exact) mass is 263 g/mol. The number of Topliss-reactive ketones (excluding diaryl/α,β-unsaturated/α-hetero) is 1. The van der Waals surface area contributed by atoms with E-state index in [1.807, 2.05) is 6.92 Å². The molecule has 1 aromatic carbocycles. The largest absolute Gasteiger partial charge is 0.292 e. The van der Waals surface area contributed by atoms with Crippen molar-refractivity contribution in [3.63, 3.8) is 0 Å². The molecule has 0 bridgehead atoms. The Bertz CT molecular complexity index is 506. The average Bonchev–Trinajstić information content (AvgIpc) is 2.34. The summed E-state index contributed by atoms with van der Waals surface area (Å²) in [7, 11) is 0. The third-order valence-corrected chi connectivity index (χ3v) is 3.12. The zero-order valence-corrected chi connectivity index (χ0v) is 10.6. The molecule has 4 nitrogen and oxygen atoms in total. The number of amides is 2. The number of rotatable bonds is 3. The van der Waals surface area contributed by atoms with Crippen molar-refractivity contribution in [2.45, 2.75) is 19.8 Å². The molecule has 0 unspecified atom stereocenters. The standard InChI is InChI=1S/C14H14FNO3/c1-9-6-13(18)16(14(19)7-9)8-12(17)10-2-4-11(15)5-3-10/h2-5,9H,6-8H2,1H3. The lowest BCUT2D eigenvalue weighted by molar-refractivity contribution is -0.149. The van der Waals surface area contributed by atoms with Gasteiger partial charge in [0.2, 0.25) is 11.8 Å². The van der Waals surface area contributed by atoms with Crippen LogP contribution in [0.4, 0.5) is 4.39 Å². The van der Waals surface area contributed by atoms with Gasteiger partial charge in [-0.15, -0.1) is 0 Å². The van der Waals surface area contributed by atoms with Crippen molar-refractivity contribution >= 4 is 17.6 Å². The molecule has 0 spiro atoms. The Hall–Kier alpha value is -2.04. The molecule has 0 N–H and O–H groups in total. The molecule has 100 valence electrons. The first kappa shape index (κ1) is 13.4. The maximum absolute atomic E-state index is 12.7. The predicted molar refractivity (Wildman–Crippen MR) is 65.8 cm³/mol. The van der Waals surface area contributed by atoms with Crippen LogP contribution in [0.15, 0.2) is 24.3 Å². The lowest BCUT2D eigenvalue weighted by Crippen LogP contribution is -2.45. The second kappa shape index (κ2) is 5.30. The number of benzene rings is 1. The summed E-state index contributed by atoms with van der Waals surface area (Å²) in [5, 5.41) is 0. The molecule has 0 radical (unpaired) electrons. The maximum atomic E-state index is 12.7. The summed E-state index contributed by atoms with van der Waals surface area (Å²) >= 11 is 0. The fraction of sp³-hybridized carbons (Fsp3) is 0.357. The Balaban J connectivity index is 2.08. The molecule has 1 heterocycles. The number of imide groups is 1. The van der Waals surface area contributed by atoms with E-state index in [1.165, 1.54) is 24.3 Å². The fourth-order valence-corrected chi connectivity index (χ4v) is 2.07. The first-order valence-corrected chi connectivity index (χ1v) is 6.09. The minimum atomic E-state index is -0.435. The van der Waals surface area contributed by atoms with E-state index in [2.05, 4.69) is 0 Å². The van der Waals surface area contributed by atoms with Gasteiger partial charge >= 0.3 is 0 Å². The highest BCUT2D eigenvalue weighted by molar-refractivity contribution is 6.05. The zero-order chi connectivity index (χ0) is 14.0. The Morgan fingerprint density at radius 1 is 1.21 bits per heavy atom. The highest BCUT2D eigenvalue weighted by Crippen LogP contribution is 2.19. The normalized spacial score (nSPS) is 16.8. The number of carbonyl (C=O) groups excluding carboxylic acids is 3. The van der Waals surface area contributed by atoms with Crippen LogP contribution in [0, 0.1) is 11.7 Å². The topological polar surface area (TPSA) is 54.5 Å². The van der Waals surface area contributed by atoms with Crippen molar-refractivity contribution in [3.05, 3.63) is 35.6 Å². The van der Waals surface area contributed by atoms with Gasteiger partial charge in [-0.2, -0.15) is 0 Å². The molecular formula is C14H14FNO3. The molecule has 1 saturated heterocycles. The SMILES string of the molecule is CC1CC(=O)N(CC(=O)c2ccc(F)cc2)C(=O)C1. The maximum Gasteiger partial charge on any atom is 0.229 e. The summed E-state index contributed by atoms with van der Waals surface area (Å²) in [4.78, 5) is 36.4. The van der Waals surface area contributed by atoms with E-state index in [4.69, 9.17) is 0 Å². The smallest absolute Gasteiger partial charge is 0.229 e. The molecule has 19 heavy (non-hydrogen) atoms. The second-order valence-corrected chi connectivity index (χ2v) is 4.82. The summed E-state index contributed by atoms with van der Waals surface area (Å²) in [6.07, 6.45) is 0.560. The molecule has 0 aromatic heterocycles. The minimum absolute atomic E-state index is 0.0252. The first-order chi connectivity index (χ1) is 8.97. The van der Waals surface area contributed by atoms with E-state index in [0.717, 1.165) is 4.90 Å². The van der Waals surface area contributed by atoms with Crippen molar-refractivity contribution in [2.75, 3.05) is 6.54 Å². The van der Waals surface area contributed by atoms with Crippen LogP contribution in [0.2, 0.25) is 0 Å². The number of hydrogen-bond donors (Lipinski definition) is 0. The Morgan fingerprint density at radius 2 is 1.74 bits per heavy atom. The molecule has 2 amide bonds. The predicted octanol–water partition coefficient (Wildman–Crippen LogP) is 1.79. The number of ketones is 1. The zero-order valence-electron chi connectivity index (χ0n) is 10.6. The van der Waals surface area contributed by atoms with Crippen LogP contribution in [0.25, 0.3) is 0 Å². The summed E-state index contributed by atoms with van der Waals surface area (Å²) in [5.41, 5.74) is 0.292.